The Morgan fingerprint density at radius 3 is 3.13 bits per heavy atom. The molecule has 15 heavy (non-hydrogen) atoms. The number of hydrogen-bond acceptors (Lipinski definition) is 2. The monoisotopic (exact) mass is 195 g/mol. The molecule has 1 atom stereocenters. The second-order valence-corrected chi connectivity index (χ2v) is 3.65. The van der Waals surface area contributed by atoms with Crippen LogP contribution in [0.25, 0.3) is 11.3 Å². The van der Waals surface area contributed by atoms with Gasteiger partial charge in [-0.1, -0.05) is 24.3 Å². The molecule has 1 aliphatic heterocycles. The summed E-state index contributed by atoms with van der Waals surface area (Å²) in [6.07, 6.45) is 4.16. The number of rotatable bonds is 1. The van der Waals surface area contributed by atoms with Gasteiger partial charge in [0.25, 0.3) is 0 Å². The molecule has 0 spiro atoms. The van der Waals surface area contributed by atoms with E-state index in [1.807, 2.05) is 18.3 Å². The van der Waals surface area contributed by atoms with Crippen LogP contribution in [0.1, 0.15) is 18.0 Å². The van der Waals surface area contributed by atoms with E-state index in [0.717, 1.165) is 5.69 Å². The highest BCUT2D eigenvalue weighted by molar-refractivity contribution is 5.69. The molecular weight excluding hydrogens is 186 g/mol. The van der Waals surface area contributed by atoms with Crippen LogP contribution in [0.3, 0.4) is 0 Å². The first-order chi connectivity index (χ1) is 7.42. The van der Waals surface area contributed by atoms with Crippen LogP contribution >= 0.6 is 0 Å². The Morgan fingerprint density at radius 2 is 2.27 bits per heavy atom. The Hall–Kier alpha value is -2.08. The number of nitriles is 1. The van der Waals surface area contributed by atoms with Gasteiger partial charge in [0.15, 0.2) is 0 Å². The van der Waals surface area contributed by atoms with Gasteiger partial charge < -0.3 is 4.57 Å². The van der Waals surface area contributed by atoms with Gasteiger partial charge in [0.1, 0.15) is 0 Å². The van der Waals surface area contributed by atoms with Crippen LogP contribution in [-0.4, -0.2) is 9.55 Å². The minimum atomic E-state index is 0.142. The molecule has 0 N–H and O–H groups in total. The first-order valence-electron chi connectivity index (χ1n) is 4.90. The van der Waals surface area contributed by atoms with Crippen molar-refractivity contribution in [2.75, 3.05) is 0 Å². The standard InChI is InChI=1S/C12H9N3/c13-6-5-11-9-3-1-2-4-10(9)12-7-14-8-15(11)12/h1-4,7-8,11H,5H2. The van der Waals surface area contributed by atoms with Gasteiger partial charge >= 0.3 is 0 Å². The summed E-state index contributed by atoms with van der Waals surface area (Å²) in [4.78, 5) is 4.13. The zero-order chi connectivity index (χ0) is 10.3. The number of fused-ring (bicyclic) bond motifs is 3. The average molecular weight is 195 g/mol. The molecule has 1 unspecified atom stereocenters. The maximum absolute atomic E-state index is 8.83. The molecule has 0 fully saturated rings. The van der Waals surface area contributed by atoms with E-state index in [1.54, 1.807) is 6.33 Å². The number of benzene rings is 1. The van der Waals surface area contributed by atoms with Crippen LogP contribution in [0.4, 0.5) is 0 Å². The highest BCUT2D eigenvalue weighted by Crippen LogP contribution is 2.40. The molecule has 0 amide bonds. The minimum Gasteiger partial charge on any atom is -0.322 e. The second-order valence-electron chi connectivity index (χ2n) is 3.65. The normalized spacial score (nSPS) is 16.9. The van der Waals surface area contributed by atoms with E-state index in [2.05, 4.69) is 27.8 Å². The van der Waals surface area contributed by atoms with Crippen molar-refractivity contribution in [3.63, 3.8) is 0 Å². The van der Waals surface area contributed by atoms with Gasteiger partial charge in [0.05, 0.1) is 36.7 Å². The molecule has 3 nitrogen and oxygen atoms in total. The Balaban J connectivity index is 2.24. The summed E-state index contributed by atoms with van der Waals surface area (Å²) >= 11 is 0. The fraction of sp³-hybridized carbons (Fsp3) is 0.167. The summed E-state index contributed by atoms with van der Waals surface area (Å²) in [7, 11) is 0. The maximum Gasteiger partial charge on any atom is 0.0957 e. The fourth-order valence-corrected chi connectivity index (χ4v) is 2.23. The zero-order valence-corrected chi connectivity index (χ0v) is 8.09. The van der Waals surface area contributed by atoms with E-state index in [0.29, 0.717) is 6.42 Å². The lowest BCUT2D eigenvalue weighted by atomic mass is 10.0. The molecule has 0 saturated heterocycles. The molecular formula is C12H9N3. The van der Waals surface area contributed by atoms with E-state index < -0.39 is 0 Å². The molecule has 0 saturated carbocycles. The van der Waals surface area contributed by atoms with Gasteiger partial charge in [0, 0.05) is 5.56 Å². The summed E-state index contributed by atoms with van der Waals surface area (Å²) in [6.45, 7) is 0. The smallest absolute Gasteiger partial charge is 0.0957 e. The summed E-state index contributed by atoms with van der Waals surface area (Å²) < 4.78 is 2.08. The van der Waals surface area contributed by atoms with Gasteiger partial charge in [-0.2, -0.15) is 5.26 Å². The molecule has 3 heteroatoms. The van der Waals surface area contributed by atoms with E-state index in [-0.39, 0.29) is 6.04 Å². The average Bonchev–Trinajstić information content (AvgIpc) is 2.82. The molecule has 72 valence electrons. The summed E-state index contributed by atoms with van der Waals surface area (Å²) in [5.74, 6) is 0. The van der Waals surface area contributed by atoms with Crippen molar-refractivity contribution in [2.45, 2.75) is 12.5 Å². The maximum atomic E-state index is 8.83. The summed E-state index contributed by atoms with van der Waals surface area (Å²) in [5.41, 5.74) is 3.55. The van der Waals surface area contributed by atoms with Gasteiger partial charge in [0.2, 0.25) is 0 Å². The number of hydrogen-bond donors (Lipinski definition) is 0. The van der Waals surface area contributed by atoms with Crippen LogP contribution in [-0.2, 0) is 0 Å². The van der Waals surface area contributed by atoms with Crippen molar-refractivity contribution in [2.24, 2.45) is 0 Å². The molecule has 0 radical (unpaired) electrons. The molecule has 2 heterocycles. The predicted octanol–water partition coefficient (Wildman–Crippen LogP) is 2.37. The van der Waals surface area contributed by atoms with Crippen molar-refractivity contribution in [1.29, 1.82) is 5.26 Å². The molecule has 2 aromatic rings. The lowest BCUT2D eigenvalue weighted by Crippen LogP contribution is -2.03. The van der Waals surface area contributed by atoms with E-state index in [1.165, 1.54) is 11.1 Å². The van der Waals surface area contributed by atoms with Crippen LogP contribution in [0.2, 0.25) is 0 Å². The first-order valence-corrected chi connectivity index (χ1v) is 4.90. The van der Waals surface area contributed by atoms with E-state index in [4.69, 9.17) is 5.26 Å². The Bertz CT molecular complexity index is 548. The topological polar surface area (TPSA) is 41.6 Å². The third kappa shape index (κ3) is 1.02. The molecule has 1 aromatic carbocycles. The summed E-state index contributed by atoms with van der Waals surface area (Å²) in [6, 6.07) is 10.6. The van der Waals surface area contributed by atoms with Crippen molar-refractivity contribution in [1.82, 2.24) is 9.55 Å². The SMILES string of the molecule is N#CCC1c2ccccc2-c2cncn21. The highest BCUT2D eigenvalue weighted by Gasteiger charge is 2.27. The van der Waals surface area contributed by atoms with Gasteiger partial charge in [-0.15, -0.1) is 0 Å². The second kappa shape index (κ2) is 2.96. The third-order valence-corrected chi connectivity index (χ3v) is 2.88. The van der Waals surface area contributed by atoms with E-state index in [9.17, 15) is 0 Å². The lowest BCUT2D eigenvalue weighted by Gasteiger charge is -2.09. The first kappa shape index (κ1) is 8.25. The number of aromatic nitrogens is 2. The Kier molecular flexibility index (Phi) is 1.63. The third-order valence-electron chi connectivity index (χ3n) is 2.88. The van der Waals surface area contributed by atoms with Gasteiger partial charge in [-0.05, 0) is 5.56 Å². The quantitative estimate of drug-likeness (QED) is 0.701. The lowest BCUT2D eigenvalue weighted by molar-refractivity contribution is 0.626. The van der Waals surface area contributed by atoms with Crippen LogP contribution < -0.4 is 0 Å². The summed E-state index contributed by atoms with van der Waals surface area (Å²) in [5, 5.41) is 8.83. The number of imidazole rings is 1. The van der Waals surface area contributed by atoms with Crippen molar-refractivity contribution < 1.29 is 0 Å². The van der Waals surface area contributed by atoms with Crippen molar-refractivity contribution in [3.05, 3.63) is 42.4 Å². The molecule has 1 aliphatic rings. The zero-order valence-electron chi connectivity index (χ0n) is 8.09. The van der Waals surface area contributed by atoms with Crippen molar-refractivity contribution in [3.8, 4) is 17.3 Å². The Morgan fingerprint density at radius 1 is 1.40 bits per heavy atom. The fourth-order valence-electron chi connectivity index (χ4n) is 2.23. The van der Waals surface area contributed by atoms with Crippen LogP contribution in [0.15, 0.2) is 36.8 Å². The molecule has 1 aromatic heterocycles. The van der Waals surface area contributed by atoms with Gasteiger partial charge in [-0.25, -0.2) is 4.98 Å². The van der Waals surface area contributed by atoms with Crippen molar-refractivity contribution >= 4 is 0 Å². The van der Waals surface area contributed by atoms with Crippen LogP contribution in [0.5, 0.6) is 0 Å². The van der Waals surface area contributed by atoms with E-state index >= 15 is 0 Å². The van der Waals surface area contributed by atoms with Gasteiger partial charge in [-0.3, -0.25) is 0 Å². The predicted molar refractivity (Wildman–Crippen MR) is 56.0 cm³/mol. The highest BCUT2D eigenvalue weighted by atomic mass is 15.1. The largest absolute Gasteiger partial charge is 0.322 e. The minimum absolute atomic E-state index is 0.142. The molecule has 0 bridgehead atoms. The number of nitrogens with zero attached hydrogens (tertiary/aromatic N) is 3. The molecule has 3 rings (SSSR count). The molecule has 0 aliphatic carbocycles. The van der Waals surface area contributed by atoms with Crippen LogP contribution in [0, 0.1) is 11.3 Å². The Labute approximate surface area is 87.6 Å².